The maximum absolute atomic E-state index is 5.85. The molecule has 0 radical (unpaired) electrons. The molecule has 1 heterocycles. The van der Waals surface area contributed by atoms with Crippen molar-refractivity contribution in [3.05, 3.63) is 26.6 Å². The Morgan fingerprint density at radius 1 is 1.50 bits per heavy atom. The lowest BCUT2D eigenvalue weighted by Gasteiger charge is -2.03. The monoisotopic (exact) mass is 289 g/mol. The van der Waals surface area contributed by atoms with Crippen molar-refractivity contribution in [2.24, 2.45) is 0 Å². The molecular formula is C9H8INS. The zero-order chi connectivity index (χ0) is 8.72. The third kappa shape index (κ3) is 1.11. The second-order valence-electron chi connectivity index (χ2n) is 2.74. The summed E-state index contributed by atoms with van der Waals surface area (Å²) in [4.78, 5) is 0. The fraction of sp³-hybridized carbons (Fsp3) is 0.111. The number of halogens is 1. The molecule has 2 N–H and O–H groups in total. The summed E-state index contributed by atoms with van der Waals surface area (Å²) in [5, 5.41) is 3.43. The number of nitrogens with two attached hydrogens (primary N) is 1. The molecule has 3 heteroatoms. The zero-order valence-corrected chi connectivity index (χ0v) is 9.57. The first-order chi connectivity index (χ1) is 5.70. The van der Waals surface area contributed by atoms with Gasteiger partial charge < -0.3 is 5.73 Å². The number of hydrogen-bond acceptors (Lipinski definition) is 2. The first kappa shape index (κ1) is 8.31. The molecule has 0 aliphatic heterocycles. The maximum atomic E-state index is 5.85. The largest absolute Gasteiger partial charge is 0.398 e. The number of benzene rings is 1. The Bertz CT molecular complexity index is 433. The third-order valence-corrected chi connectivity index (χ3v) is 4.23. The summed E-state index contributed by atoms with van der Waals surface area (Å²) in [6.07, 6.45) is 0. The predicted molar refractivity (Wildman–Crippen MR) is 63.7 cm³/mol. The van der Waals surface area contributed by atoms with Crippen molar-refractivity contribution in [3.8, 4) is 0 Å². The Kier molecular flexibility index (Phi) is 2.00. The number of thiophene rings is 1. The van der Waals surface area contributed by atoms with E-state index in [1.54, 1.807) is 11.3 Å². The van der Waals surface area contributed by atoms with E-state index in [9.17, 15) is 0 Å². The van der Waals surface area contributed by atoms with Crippen LogP contribution in [0.1, 0.15) is 5.56 Å². The highest BCUT2D eigenvalue weighted by Gasteiger charge is 2.05. The molecule has 0 aliphatic carbocycles. The first-order valence-electron chi connectivity index (χ1n) is 3.62. The summed E-state index contributed by atoms with van der Waals surface area (Å²) in [6, 6.07) is 4.20. The van der Waals surface area contributed by atoms with Crippen molar-refractivity contribution in [1.29, 1.82) is 0 Å². The van der Waals surface area contributed by atoms with Crippen LogP contribution in [0.4, 0.5) is 5.69 Å². The molecule has 2 rings (SSSR count). The smallest absolute Gasteiger partial charge is 0.0374 e. The summed E-state index contributed by atoms with van der Waals surface area (Å²) in [6.45, 7) is 2.06. The molecule has 12 heavy (non-hydrogen) atoms. The van der Waals surface area contributed by atoms with E-state index in [4.69, 9.17) is 5.73 Å². The van der Waals surface area contributed by atoms with E-state index in [1.165, 1.54) is 19.2 Å². The number of fused-ring (bicyclic) bond motifs is 1. The van der Waals surface area contributed by atoms with E-state index < -0.39 is 0 Å². The average molecular weight is 289 g/mol. The number of nitrogen functional groups attached to an aromatic ring is 1. The molecule has 0 saturated heterocycles. The molecule has 0 atom stereocenters. The lowest BCUT2D eigenvalue weighted by molar-refractivity contribution is 1.47. The van der Waals surface area contributed by atoms with Crippen LogP contribution in [0.25, 0.3) is 10.1 Å². The lowest BCUT2D eigenvalue weighted by atomic mass is 10.1. The zero-order valence-electron chi connectivity index (χ0n) is 6.60. The fourth-order valence-electron chi connectivity index (χ4n) is 1.19. The Hall–Kier alpha value is -0.290. The molecule has 0 unspecified atom stereocenters. The van der Waals surface area contributed by atoms with E-state index in [1.807, 2.05) is 0 Å². The van der Waals surface area contributed by atoms with Gasteiger partial charge in [-0.15, -0.1) is 11.3 Å². The molecule has 0 spiro atoms. The second kappa shape index (κ2) is 2.88. The minimum atomic E-state index is 0.898. The minimum absolute atomic E-state index is 0.898. The van der Waals surface area contributed by atoms with Gasteiger partial charge in [-0.25, -0.2) is 0 Å². The Morgan fingerprint density at radius 3 is 3.00 bits per heavy atom. The molecule has 1 aromatic heterocycles. The topological polar surface area (TPSA) is 26.0 Å². The van der Waals surface area contributed by atoms with Gasteiger partial charge in [0.1, 0.15) is 0 Å². The van der Waals surface area contributed by atoms with E-state index in [2.05, 4.69) is 47.0 Å². The predicted octanol–water partition coefficient (Wildman–Crippen LogP) is 3.40. The molecule has 0 amide bonds. The lowest BCUT2D eigenvalue weighted by Crippen LogP contribution is -1.91. The second-order valence-corrected chi connectivity index (χ2v) is 4.76. The van der Waals surface area contributed by atoms with Crippen LogP contribution < -0.4 is 5.73 Å². The molecular weight excluding hydrogens is 281 g/mol. The van der Waals surface area contributed by atoms with Crippen molar-refractivity contribution in [2.75, 3.05) is 5.73 Å². The van der Waals surface area contributed by atoms with Crippen molar-refractivity contribution in [3.63, 3.8) is 0 Å². The Morgan fingerprint density at radius 2 is 2.25 bits per heavy atom. The summed E-state index contributed by atoms with van der Waals surface area (Å²) >= 11 is 4.09. The highest BCUT2D eigenvalue weighted by molar-refractivity contribution is 14.1. The molecule has 0 fully saturated rings. The first-order valence-corrected chi connectivity index (χ1v) is 5.58. The Balaban J connectivity index is 2.94. The van der Waals surface area contributed by atoms with Gasteiger partial charge in [0.15, 0.2) is 0 Å². The van der Waals surface area contributed by atoms with Gasteiger partial charge in [-0.05, 0) is 52.6 Å². The molecule has 1 nitrogen and oxygen atoms in total. The van der Waals surface area contributed by atoms with Crippen LogP contribution in [0.15, 0.2) is 17.5 Å². The van der Waals surface area contributed by atoms with Crippen molar-refractivity contribution in [1.82, 2.24) is 0 Å². The van der Waals surface area contributed by atoms with Crippen LogP contribution in [0.3, 0.4) is 0 Å². The van der Waals surface area contributed by atoms with Crippen molar-refractivity contribution in [2.45, 2.75) is 6.92 Å². The van der Waals surface area contributed by atoms with Crippen molar-refractivity contribution >= 4 is 49.7 Å². The summed E-state index contributed by atoms with van der Waals surface area (Å²) < 4.78 is 2.56. The van der Waals surface area contributed by atoms with Gasteiger partial charge in [-0.1, -0.05) is 0 Å². The van der Waals surface area contributed by atoms with Gasteiger partial charge in [0.25, 0.3) is 0 Å². The molecule has 1 aromatic carbocycles. The normalized spacial score (nSPS) is 10.8. The number of anilines is 1. The van der Waals surface area contributed by atoms with Crippen LogP contribution in [-0.4, -0.2) is 0 Å². The van der Waals surface area contributed by atoms with E-state index >= 15 is 0 Å². The molecule has 0 aliphatic rings. The van der Waals surface area contributed by atoms with Gasteiger partial charge in [0.2, 0.25) is 0 Å². The van der Waals surface area contributed by atoms with Gasteiger partial charge >= 0.3 is 0 Å². The average Bonchev–Trinajstić information content (AvgIpc) is 2.48. The van der Waals surface area contributed by atoms with Crippen molar-refractivity contribution < 1.29 is 0 Å². The van der Waals surface area contributed by atoms with Crippen LogP contribution in [-0.2, 0) is 0 Å². The SMILES string of the molecule is Cc1c(N)cc2sccc2c1I. The van der Waals surface area contributed by atoms with E-state index in [0.717, 1.165) is 5.69 Å². The maximum Gasteiger partial charge on any atom is 0.0374 e. The Labute approximate surface area is 88.7 Å². The molecule has 2 aromatic rings. The quantitative estimate of drug-likeness (QED) is 0.584. The summed E-state index contributed by atoms with van der Waals surface area (Å²) in [5.41, 5.74) is 7.94. The van der Waals surface area contributed by atoms with Crippen LogP contribution in [0.2, 0.25) is 0 Å². The molecule has 0 bridgehead atoms. The molecule has 0 saturated carbocycles. The third-order valence-electron chi connectivity index (χ3n) is 1.98. The summed E-state index contributed by atoms with van der Waals surface area (Å²) in [5.74, 6) is 0. The van der Waals surface area contributed by atoms with Crippen LogP contribution in [0.5, 0.6) is 0 Å². The van der Waals surface area contributed by atoms with E-state index in [0.29, 0.717) is 0 Å². The van der Waals surface area contributed by atoms with Gasteiger partial charge in [-0.2, -0.15) is 0 Å². The van der Waals surface area contributed by atoms with Gasteiger partial charge in [0, 0.05) is 19.3 Å². The van der Waals surface area contributed by atoms with Gasteiger partial charge in [-0.3, -0.25) is 0 Å². The molecule has 62 valence electrons. The van der Waals surface area contributed by atoms with Crippen LogP contribution in [0, 0.1) is 10.5 Å². The van der Waals surface area contributed by atoms with Crippen LogP contribution >= 0.6 is 33.9 Å². The number of hydrogen-bond donors (Lipinski definition) is 1. The van der Waals surface area contributed by atoms with E-state index in [-0.39, 0.29) is 0 Å². The standard InChI is InChI=1S/C9H8INS/c1-5-7(11)4-8-6(9(5)10)2-3-12-8/h2-4H,11H2,1H3. The fourth-order valence-corrected chi connectivity index (χ4v) is 3.00. The van der Waals surface area contributed by atoms with Gasteiger partial charge in [0.05, 0.1) is 0 Å². The highest BCUT2D eigenvalue weighted by atomic mass is 127. The number of rotatable bonds is 0. The minimum Gasteiger partial charge on any atom is -0.398 e. The summed E-state index contributed by atoms with van der Waals surface area (Å²) in [7, 11) is 0. The highest BCUT2D eigenvalue weighted by Crippen LogP contribution is 2.31.